The summed E-state index contributed by atoms with van der Waals surface area (Å²) in [6.45, 7) is 11.6. The second-order valence-corrected chi connectivity index (χ2v) is 10.8. The van der Waals surface area contributed by atoms with E-state index in [9.17, 15) is 14.4 Å². The Bertz CT molecular complexity index is 925. The van der Waals surface area contributed by atoms with E-state index in [0.29, 0.717) is 43.1 Å². The first-order chi connectivity index (χ1) is 19.1. The molecule has 0 aliphatic carbocycles. The van der Waals surface area contributed by atoms with Crippen molar-refractivity contribution in [2.24, 2.45) is 0 Å². The lowest BCUT2D eigenvalue weighted by atomic mass is 10.1. The molecule has 1 aromatic carbocycles. The standard InChI is InChI=1S/C29H47N3O8/c1-29(2,3)40-28(35)30-12-8-13-31-14-9-15-32(18-17-31)16-11-23(10-7-19-33)39-27(34)22-20-24(36-4)26(38-6)25(21-22)37-5/h19-21,23H,7-18H2,1-6H3,(H,30,35)/t23-/m1/s1. The molecule has 1 aliphatic rings. The minimum absolute atomic E-state index is 0.289. The fraction of sp³-hybridized carbons (Fsp3) is 0.690. The molecule has 1 N–H and O–H groups in total. The van der Waals surface area contributed by atoms with Gasteiger partial charge in [0.15, 0.2) is 11.5 Å². The number of rotatable bonds is 15. The highest BCUT2D eigenvalue weighted by atomic mass is 16.6. The van der Waals surface area contributed by atoms with Crippen LogP contribution in [0.1, 0.15) is 63.2 Å². The molecule has 0 saturated carbocycles. The zero-order valence-electron chi connectivity index (χ0n) is 25.0. The van der Waals surface area contributed by atoms with Crippen LogP contribution in [-0.4, -0.2) is 107 Å². The summed E-state index contributed by atoms with van der Waals surface area (Å²) in [5.74, 6) is 0.631. The quantitative estimate of drug-likeness (QED) is 0.192. The van der Waals surface area contributed by atoms with Gasteiger partial charge in [0.25, 0.3) is 0 Å². The van der Waals surface area contributed by atoms with Crippen molar-refractivity contribution in [1.29, 1.82) is 0 Å². The smallest absolute Gasteiger partial charge is 0.407 e. The van der Waals surface area contributed by atoms with Crippen molar-refractivity contribution in [3.05, 3.63) is 17.7 Å². The Morgan fingerprint density at radius 1 is 0.950 bits per heavy atom. The number of nitrogens with zero attached hydrogens (tertiary/aromatic N) is 2. The monoisotopic (exact) mass is 565 g/mol. The minimum atomic E-state index is -0.503. The van der Waals surface area contributed by atoms with E-state index in [-0.39, 0.29) is 11.7 Å². The van der Waals surface area contributed by atoms with Crippen molar-refractivity contribution in [2.45, 2.75) is 64.6 Å². The molecular weight excluding hydrogens is 518 g/mol. The molecule has 11 nitrogen and oxygen atoms in total. The summed E-state index contributed by atoms with van der Waals surface area (Å²) in [7, 11) is 4.48. The Labute approximate surface area is 238 Å². The number of amides is 1. The minimum Gasteiger partial charge on any atom is -0.493 e. The van der Waals surface area contributed by atoms with Crippen molar-refractivity contribution in [1.82, 2.24) is 15.1 Å². The third kappa shape index (κ3) is 11.6. The highest BCUT2D eigenvalue weighted by molar-refractivity contribution is 5.91. The van der Waals surface area contributed by atoms with E-state index in [0.717, 1.165) is 58.4 Å². The molecule has 0 aromatic heterocycles. The van der Waals surface area contributed by atoms with E-state index in [2.05, 4.69) is 15.1 Å². The third-order valence-corrected chi connectivity index (χ3v) is 6.55. The molecule has 11 heteroatoms. The third-order valence-electron chi connectivity index (χ3n) is 6.55. The van der Waals surface area contributed by atoms with Gasteiger partial charge in [-0.2, -0.15) is 0 Å². The van der Waals surface area contributed by atoms with Crippen LogP contribution in [0.3, 0.4) is 0 Å². The maximum absolute atomic E-state index is 13.0. The van der Waals surface area contributed by atoms with E-state index >= 15 is 0 Å². The number of alkyl carbamates (subject to hydrolysis) is 1. The van der Waals surface area contributed by atoms with Crippen LogP contribution in [0.5, 0.6) is 17.2 Å². The fourth-order valence-electron chi connectivity index (χ4n) is 4.54. The Hall–Kier alpha value is -3.05. The van der Waals surface area contributed by atoms with E-state index in [4.69, 9.17) is 23.7 Å². The first-order valence-electron chi connectivity index (χ1n) is 14.0. The molecule has 0 bridgehead atoms. The summed E-state index contributed by atoms with van der Waals surface area (Å²) in [5.41, 5.74) is -0.211. The van der Waals surface area contributed by atoms with Gasteiger partial charge in [-0.15, -0.1) is 0 Å². The molecular formula is C29H47N3O8. The Kier molecular flexibility index (Phi) is 14.0. The van der Waals surface area contributed by atoms with E-state index in [1.54, 1.807) is 12.1 Å². The van der Waals surface area contributed by atoms with Crippen molar-refractivity contribution >= 4 is 18.3 Å². The van der Waals surface area contributed by atoms with E-state index < -0.39 is 17.7 Å². The molecule has 0 spiro atoms. The van der Waals surface area contributed by atoms with Crippen LogP contribution in [0.15, 0.2) is 12.1 Å². The SMILES string of the molecule is COc1cc(C(=O)O[C@H](CCC=O)CCN2CCCN(CCCNC(=O)OC(C)(C)C)CC2)cc(OC)c1OC. The number of hydrogen-bond donors (Lipinski definition) is 1. The molecule has 1 heterocycles. The van der Waals surface area contributed by atoms with Crippen molar-refractivity contribution < 1.29 is 38.1 Å². The van der Waals surface area contributed by atoms with Gasteiger partial charge in [-0.25, -0.2) is 9.59 Å². The van der Waals surface area contributed by atoms with Gasteiger partial charge in [0.05, 0.1) is 26.9 Å². The topological polar surface area (TPSA) is 116 Å². The lowest BCUT2D eigenvalue weighted by Crippen LogP contribution is -2.36. The van der Waals surface area contributed by atoms with Crippen LogP contribution >= 0.6 is 0 Å². The van der Waals surface area contributed by atoms with Gasteiger partial charge < -0.3 is 43.6 Å². The highest BCUT2D eigenvalue weighted by Gasteiger charge is 2.23. The van der Waals surface area contributed by atoms with Gasteiger partial charge >= 0.3 is 12.1 Å². The molecule has 40 heavy (non-hydrogen) atoms. The van der Waals surface area contributed by atoms with Crippen LogP contribution in [-0.2, 0) is 14.3 Å². The lowest BCUT2D eigenvalue weighted by molar-refractivity contribution is -0.108. The van der Waals surface area contributed by atoms with Gasteiger partial charge in [-0.3, -0.25) is 0 Å². The second kappa shape index (κ2) is 16.9. The van der Waals surface area contributed by atoms with Crippen molar-refractivity contribution in [2.75, 3.05) is 67.1 Å². The predicted octanol–water partition coefficient (Wildman–Crippen LogP) is 3.53. The van der Waals surface area contributed by atoms with Crippen LogP contribution in [0.2, 0.25) is 0 Å². The number of methoxy groups -OCH3 is 3. The van der Waals surface area contributed by atoms with E-state index in [1.165, 1.54) is 21.3 Å². The second-order valence-electron chi connectivity index (χ2n) is 10.8. The zero-order chi connectivity index (χ0) is 29.5. The first kappa shape index (κ1) is 33.2. The molecule has 1 saturated heterocycles. The normalized spacial score (nSPS) is 15.4. The summed E-state index contributed by atoms with van der Waals surface area (Å²) >= 11 is 0. The Morgan fingerprint density at radius 2 is 1.57 bits per heavy atom. The van der Waals surface area contributed by atoms with Gasteiger partial charge in [0, 0.05) is 32.6 Å². The number of esters is 1. The number of nitrogens with one attached hydrogen (secondary N) is 1. The van der Waals surface area contributed by atoms with Crippen LogP contribution in [0, 0.1) is 0 Å². The first-order valence-corrected chi connectivity index (χ1v) is 14.0. The number of carbonyl (C=O) groups excluding carboxylic acids is 3. The lowest BCUT2D eigenvalue weighted by Gasteiger charge is -2.24. The summed E-state index contributed by atoms with van der Waals surface area (Å²) < 4.78 is 27.1. The van der Waals surface area contributed by atoms with Crippen molar-refractivity contribution in [3.63, 3.8) is 0 Å². The number of ether oxygens (including phenoxy) is 5. The number of aldehydes is 1. The fourth-order valence-corrected chi connectivity index (χ4v) is 4.54. The van der Waals surface area contributed by atoms with Gasteiger partial charge in [0.1, 0.15) is 18.0 Å². The number of hydrogen-bond acceptors (Lipinski definition) is 10. The van der Waals surface area contributed by atoms with Gasteiger partial charge in [-0.1, -0.05) is 0 Å². The molecule has 1 aliphatic heterocycles. The van der Waals surface area contributed by atoms with E-state index in [1.807, 2.05) is 20.8 Å². The zero-order valence-corrected chi connectivity index (χ0v) is 25.0. The molecule has 2 rings (SSSR count). The molecule has 1 fully saturated rings. The average molecular weight is 566 g/mol. The molecule has 1 aromatic rings. The summed E-state index contributed by atoms with van der Waals surface area (Å²) in [6, 6.07) is 3.12. The maximum atomic E-state index is 13.0. The van der Waals surface area contributed by atoms with Crippen LogP contribution in [0.4, 0.5) is 4.79 Å². The molecule has 0 radical (unpaired) electrons. The van der Waals surface area contributed by atoms with Crippen LogP contribution in [0.25, 0.3) is 0 Å². The molecule has 1 atom stereocenters. The average Bonchev–Trinajstić information content (AvgIpc) is 3.15. The predicted molar refractivity (Wildman–Crippen MR) is 152 cm³/mol. The summed E-state index contributed by atoms with van der Waals surface area (Å²) in [6.07, 6.45) is 3.36. The maximum Gasteiger partial charge on any atom is 0.407 e. The van der Waals surface area contributed by atoms with Crippen LogP contribution < -0.4 is 19.5 Å². The molecule has 0 unspecified atom stereocenters. The highest BCUT2D eigenvalue weighted by Crippen LogP contribution is 2.38. The molecule has 226 valence electrons. The largest absolute Gasteiger partial charge is 0.493 e. The summed E-state index contributed by atoms with van der Waals surface area (Å²) in [4.78, 5) is 40.7. The Morgan fingerprint density at radius 3 is 2.12 bits per heavy atom. The van der Waals surface area contributed by atoms with Crippen molar-refractivity contribution in [3.8, 4) is 17.2 Å². The van der Waals surface area contributed by atoms with Gasteiger partial charge in [0.2, 0.25) is 5.75 Å². The van der Waals surface area contributed by atoms with Gasteiger partial charge in [-0.05, 0) is 78.2 Å². The Balaban J connectivity index is 1.85. The molecule has 1 amide bonds. The number of carbonyl (C=O) groups is 3. The summed E-state index contributed by atoms with van der Waals surface area (Å²) in [5, 5.41) is 2.81. The number of benzene rings is 1.